The average Bonchev–Trinajstić information content (AvgIpc) is 1.48. The van der Waals surface area contributed by atoms with Gasteiger partial charge in [0.25, 0.3) is 0 Å². The Morgan fingerprint density at radius 1 is 0.231 bits per heavy atom. The van der Waals surface area contributed by atoms with Gasteiger partial charge in [-0.05, 0) is 208 Å². The van der Waals surface area contributed by atoms with Gasteiger partial charge in [-0.1, -0.05) is 430 Å². The fourth-order valence-electron chi connectivity index (χ4n) is 20.0. The molecule has 0 aliphatic heterocycles. The van der Waals surface area contributed by atoms with Gasteiger partial charge in [0, 0.05) is 46.7 Å². The molecule has 2 aliphatic rings. The van der Waals surface area contributed by atoms with Gasteiger partial charge in [0.2, 0.25) is 0 Å². The summed E-state index contributed by atoms with van der Waals surface area (Å²) in [6.07, 6.45) is 74.6. The number of aromatic nitrogens is 4. The number of hydrogen-bond acceptors (Lipinski definition) is 5. The van der Waals surface area contributed by atoms with Crippen molar-refractivity contribution >= 4 is 35.3 Å². The standard InChI is InChI=1S/C112H138N4O/c1-5-9-13-17-21-25-29-33-37-47-73-111(74-48-38-34-30-26-22-18-14-10-6-2)105-83-91(89-51-43-41-44-52-89)59-63-99(105)101-65-61-95(85-107(101)111)103-81-93(58-56-88-71-79-114-80-72-88)104(82-92(103)57-55-87-69-77-113-78-70-87)96-62-66-102-100-64-60-94(98-68-67-97(90-53-45-42-46-54-90)109-110(98)116-117-115-109)84-106(100)112(108(102)86-96,75-49-39-35-31-27-23-19-15-11-7-3)76-50-40-36-32-28-24-20-16-12-8-4/h41-46,51-72,77-86H,5-40,47-50,73-76H2,1-4H3/b57-55+,58-56+. The van der Waals surface area contributed by atoms with E-state index in [9.17, 15) is 0 Å². The van der Waals surface area contributed by atoms with E-state index in [1.807, 2.05) is 24.8 Å². The summed E-state index contributed by atoms with van der Waals surface area (Å²) in [5, 5.41) is 9.33. The molecule has 3 heterocycles. The van der Waals surface area contributed by atoms with Crippen LogP contribution in [0.25, 0.3) is 113 Å². The molecule has 2 aliphatic carbocycles. The Balaban J connectivity index is 0.939. The molecule has 117 heavy (non-hydrogen) atoms. The molecule has 5 nitrogen and oxygen atoms in total. The molecule has 0 bridgehead atoms. The highest BCUT2D eigenvalue weighted by molar-refractivity contribution is 6.01. The van der Waals surface area contributed by atoms with Crippen LogP contribution >= 0.6 is 0 Å². The number of pyridine rings is 2. The topological polar surface area (TPSA) is 64.7 Å². The first-order chi connectivity index (χ1) is 57.9. The van der Waals surface area contributed by atoms with Crippen molar-refractivity contribution in [2.24, 2.45) is 0 Å². The highest BCUT2D eigenvalue weighted by atomic mass is 16.6. The minimum Gasteiger partial charge on any atom is -0.265 e. The molecule has 13 rings (SSSR count). The van der Waals surface area contributed by atoms with Gasteiger partial charge in [-0.3, -0.25) is 9.97 Å². The molecule has 0 unspecified atom stereocenters. The molecular formula is C112H138N4O. The van der Waals surface area contributed by atoms with Crippen molar-refractivity contribution in [2.45, 2.75) is 321 Å². The smallest absolute Gasteiger partial charge is 0.143 e. The third-order valence-electron chi connectivity index (χ3n) is 26.6. The number of unbranched alkanes of at least 4 members (excludes halogenated alkanes) is 36. The van der Waals surface area contributed by atoms with Crippen molar-refractivity contribution in [3.63, 3.8) is 0 Å². The second kappa shape index (κ2) is 45.8. The van der Waals surface area contributed by atoms with Crippen molar-refractivity contribution in [1.29, 1.82) is 0 Å². The molecule has 0 spiro atoms. The predicted octanol–water partition coefficient (Wildman–Crippen LogP) is 34.5. The molecule has 11 aromatic rings. The van der Waals surface area contributed by atoms with Crippen molar-refractivity contribution in [2.75, 3.05) is 0 Å². The second-order valence-electron chi connectivity index (χ2n) is 35.0. The van der Waals surface area contributed by atoms with Crippen LogP contribution in [0, 0.1) is 0 Å². The molecule has 8 aromatic carbocycles. The van der Waals surface area contributed by atoms with Crippen LogP contribution in [0.5, 0.6) is 0 Å². The Bertz CT molecular complexity index is 4800. The SMILES string of the molecule is CCCCCCCCCCCCC1(CCCCCCCCCCCC)c2cc(-c3ccccc3)ccc2-c2ccc(-c3cc(/C=C/c4ccncc4)c(-c4ccc5c(c4)C(CCCCCCCCCCCC)(CCCCCCCCCCCC)c4cc(-c6ccc(-c7ccccc7)c7nonc67)ccc4-5)cc3/C=C/c3ccncc3)cc21. The lowest BCUT2D eigenvalue weighted by Crippen LogP contribution is -2.25. The molecule has 0 amide bonds. The van der Waals surface area contributed by atoms with E-state index >= 15 is 0 Å². The number of benzene rings is 8. The average molecular weight is 1560 g/mol. The summed E-state index contributed by atoms with van der Waals surface area (Å²) in [5.74, 6) is 0. The molecular weight excluding hydrogens is 1420 g/mol. The van der Waals surface area contributed by atoms with Crippen LogP contribution in [0.3, 0.4) is 0 Å². The summed E-state index contributed by atoms with van der Waals surface area (Å²) in [6, 6.07) is 70.4. The lowest BCUT2D eigenvalue weighted by molar-refractivity contribution is 0.315. The van der Waals surface area contributed by atoms with Gasteiger partial charge in [-0.2, -0.15) is 0 Å². The summed E-state index contributed by atoms with van der Waals surface area (Å²) in [6.45, 7) is 9.32. The van der Waals surface area contributed by atoms with Crippen LogP contribution in [-0.4, -0.2) is 20.3 Å². The van der Waals surface area contributed by atoms with Crippen molar-refractivity contribution < 1.29 is 4.63 Å². The molecule has 0 N–H and O–H groups in total. The minimum absolute atomic E-state index is 0.132. The van der Waals surface area contributed by atoms with Gasteiger partial charge in [-0.15, -0.1) is 0 Å². The number of nitrogens with zero attached hydrogens (tertiary/aromatic N) is 4. The van der Waals surface area contributed by atoms with Crippen molar-refractivity contribution in [1.82, 2.24) is 20.3 Å². The van der Waals surface area contributed by atoms with Gasteiger partial charge in [0.05, 0.1) is 0 Å². The summed E-state index contributed by atoms with van der Waals surface area (Å²) in [4.78, 5) is 9.01. The fourth-order valence-corrected chi connectivity index (χ4v) is 20.0. The molecule has 0 saturated carbocycles. The third-order valence-corrected chi connectivity index (χ3v) is 26.6. The Labute approximate surface area is 706 Å². The van der Waals surface area contributed by atoms with E-state index in [0.29, 0.717) is 0 Å². The van der Waals surface area contributed by atoms with E-state index in [1.54, 1.807) is 5.56 Å². The Kier molecular flexibility index (Phi) is 33.6. The second-order valence-corrected chi connectivity index (χ2v) is 35.0. The van der Waals surface area contributed by atoms with Gasteiger partial charge in [0.1, 0.15) is 11.0 Å². The summed E-state index contributed by atoms with van der Waals surface area (Å²) in [5.41, 5.74) is 29.6. The largest absolute Gasteiger partial charge is 0.265 e. The number of rotatable bonds is 53. The molecule has 5 heteroatoms. The van der Waals surface area contributed by atoms with Gasteiger partial charge >= 0.3 is 0 Å². The molecule has 3 aromatic heterocycles. The zero-order valence-corrected chi connectivity index (χ0v) is 72.2. The third kappa shape index (κ3) is 22.7. The van der Waals surface area contributed by atoms with Gasteiger partial charge in [0.15, 0.2) is 0 Å². The molecule has 0 radical (unpaired) electrons. The molecule has 0 atom stereocenters. The maximum atomic E-state index is 5.70. The normalized spacial score (nSPS) is 13.2. The quantitative estimate of drug-likeness (QED) is 0.0356. The Hall–Kier alpha value is -9.06. The zero-order chi connectivity index (χ0) is 80.4. The van der Waals surface area contributed by atoms with E-state index in [1.165, 1.54) is 346 Å². The first kappa shape index (κ1) is 85.8. The van der Waals surface area contributed by atoms with Crippen LogP contribution < -0.4 is 0 Å². The maximum absolute atomic E-state index is 5.70. The first-order valence-corrected chi connectivity index (χ1v) is 47.2. The highest BCUT2D eigenvalue weighted by Crippen LogP contribution is 2.59. The lowest BCUT2D eigenvalue weighted by Gasteiger charge is -2.34. The van der Waals surface area contributed by atoms with E-state index < -0.39 is 0 Å². The van der Waals surface area contributed by atoms with E-state index in [2.05, 4.69) is 249 Å². The van der Waals surface area contributed by atoms with E-state index in [4.69, 9.17) is 9.79 Å². The van der Waals surface area contributed by atoms with Crippen LogP contribution in [0.1, 0.15) is 355 Å². The summed E-state index contributed by atoms with van der Waals surface area (Å²) >= 11 is 0. The van der Waals surface area contributed by atoms with Crippen LogP contribution in [0.15, 0.2) is 211 Å². The molecule has 0 fully saturated rings. The highest BCUT2D eigenvalue weighted by Gasteiger charge is 2.45. The number of fused-ring (bicyclic) bond motifs is 7. The zero-order valence-electron chi connectivity index (χ0n) is 72.2. The Morgan fingerprint density at radius 2 is 0.496 bits per heavy atom. The fraction of sp³-hybridized carbons (Fsp3) is 0.446. The predicted molar refractivity (Wildman–Crippen MR) is 504 cm³/mol. The first-order valence-electron chi connectivity index (χ1n) is 47.2. The minimum atomic E-state index is -0.225. The maximum Gasteiger partial charge on any atom is 0.143 e. The van der Waals surface area contributed by atoms with Crippen LogP contribution in [-0.2, 0) is 10.8 Å². The lowest BCUT2D eigenvalue weighted by atomic mass is 9.69. The van der Waals surface area contributed by atoms with Crippen molar-refractivity contribution in [3.8, 4) is 77.9 Å². The van der Waals surface area contributed by atoms with Crippen LogP contribution in [0.4, 0.5) is 0 Å². The van der Waals surface area contributed by atoms with Gasteiger partial charge < -0.3 is 0 Å². The van der Waals surface area contributed by atoms with Crippen molar-refractivity contribution in [3.05, 3.63) is 251 Å². The Morgan fingerprint density at radius 3 is 0.821 bits per heavy atom. The number of hydrogen-bond donors (Lipinski definition) is 0. The van der Waals surface area contributed by atoms with E-state index in [0.717, 1.165) is 64.5 Å². The molecule has 0 saturated heterocycles. The monoisotopic (exact) mass is 1560 g/mol. The van der Waals surface area contributed by atoms with E-state index in [-0.39, 0.29) is 10.8 Å². The summed E-state index contributed by atoms with van der Waals surface area (Å²) < 4.78 is 5.70. The van der Waals surface area contributed by atoms with Gasteiger partial charge in [-0.25, -0.2) is 4.63 Å². The van der Waals surface area contributed by atoms with Crippen LogP contribution in [0.2, 0.25) is 0 Å². The molecule has 612 valence electrons. The summed E-state index contributed by atoms with van der Waals surface area (Å²) in [7, 11) is 0.